The smallest absolute Gasteiger partial charge is 0.315 e. The summed E-state index contributed by atoms with van der Waals surface area (Å²) < 4.78 is 0. The third kappa shape index (κ3) is 4.08. The summed E-state index contributed by atoms with van der Waals surface area (Å²) >= 11 is 0. The topological polar surface area (TPSA) is 71.8 Å². The van der Waals surface area contributed by atoms with Gasteiger partial charge in [0.05, 0.1) is 25.0 Å². The summed E-state index contributed by atoms with van der Waals surface area (Å²) in [6.07, 6.45) is 4.16. The molecule has 0 fully saturated rings. The summed E-state index contributed by atoms with van der Waals surface area (Å²) in [6.45, 7) is 3.17. The van der Waals surface area contributed by atoms with Gasteiger partial charge in [0.25, 0.3) is 0 Å². The molecule has 2 N–H and O–H groups in total. The van der Waals surface area contributed by atoms with Crippen LogP contribution in [0.1, 0.15) is 24.9 Å². The lowest BCUT2D eigenvalue weighted by Gasteiger charge is -2.19. The van der Waals surface area contributed by atoms with Crippen LogP contribution in [0.5, 0.6) is 0 Å². The number of hydrogen-bond acceptors (Lipinski definition) is 3. The monoisotopic (exact) mass is 273 g/mol. The van der Waals surface area contributed by atoms with E-state index in [1.54, 1.807) is 17.2 Å². The first-order valence-electron chi connectivity index (χ1n) is 6.73. The molecule has 2 aromatic rings. The Morgan fingerprint density at radius 2 is 1.95 bits per heavy atom. The first kappa shape index (κ1) is 14.0. The Bertz CT molecular complexity index is 512. The summed E-state index contributed by atoms with van der Waals surface area (Å²) in [5.74, 6) is 0. The number of carbonyl (C=O) groups is 1. The number of nitrogens with zero attached hydrogens (tertiary/aromatic N) is 3. The summed E-state index contributed by atoms with van der Waals surface area (Å²) in [5.41, 5.74) is 1.02. The first-order chi connectivity index (χ1) is 9.79. The fraction of sp³-hybridized carbons (Fsp3) is 0.357. The zero-order valence-corrected chi connectivity index (χ0v) is 11.5. The van der Waals surface area contributed by atoms with Gasteiger partial charge < -0.3 is 10.6 Å². The number of carbonyl (C=O) groups excluding carboxylic acids is 1. The Hall–Kier alpha value is -2.37. The van der Waals surface area contributed by atoms with Crippen LogP contribution in [0.4, 0.5) is 4.79 Å². The first-order valence-corrected chi connectivity index (χ1v) is 6.73. The molecule has 0 aliphatic heterocycles. The molecule has 1 aromatic carbocycles. The SMILES string of the molecule is CCCNC(=O)NC(Cn1nccn1)c1ccccc1. The van der Waals surface area contributed by atoms with Gasteiger partial charge in [0.1, 0.15) is 0 Å². The molecule has 1 aromatic heterocycles. The van der Waals surface area contributed by atoms with Crippen molar-refractivity contribution in [1.29, 1.82) is 0 Å². The van der Waals surface area contributed by atoms with Crippen LogP contribution in [0.3, 0.4) is 0 Å². The Kier molecular flexibility index (Phi) is 5.11. The van der Waals surface area contributed by atoms with Gasteiger partial charge in [-0.15, -0.1) is 0 Å². The molecule has 0 saturated carbocycles. The molecule has 0 aliphatic rings. The van der Waals surface area contributed by atoms with Gasteiger partial charge in [-0.05, 0) is 12.0 Å². The third-order valence-electron chi connectivity index (χ3n) is 2.86. The Balaban J connectivity index is 2.06. The van der Waals surface area contributed by atoms with Gasteiger partial charge in [-0.1, -0.05) is 37.3 Å². The molecule has 0 aliphatic carbocycles. The third-order valence-corrected chi connectivity index (χ3v) is 2.86. The van der Waals surface area contributed by atoms with Gasteiger partial charge in [0.15, 0.2) is 0 Å². The average Bonchev–Trinajstić information content (AvgIpc) is 2.98. The number of aromatic nitrogens is 3. The number of nitrogens with one attached hydrogen (secondary N) is 2. The maximum atomic E-state index is 11.8. The predicted octanol–water partition coefficient (Wildman–Crippen LogP) is 1.73. The van der Waals surface area contributed by atoms with Crippen molar-refractivity contribution in [2.24, 2.45) is 0 Å². The molecule has 0 radical (unpaired) electrons. The van der Waals surface area contributed by atoms with Crippen molar-refractivity contribution < 1.29 is 4.79 Å². The van der Waals surface area contributed by atoms with Crippen LogP contribution in [-0.2, 0) is 6.54 Å². The standard InChI is InChI=1S/C14H19N5O/c1-2-8-15-14(20)18-13(11-19-16-9-10-17-19)12-6-4-3-5-7-12/h3-7,9-10,13H,2,8,11H2,1H3,(H2,15,18,20). The fourth-order valence-corrected chi connectivity index (χ4v) is 1.87. The van der Waals surface area contributed by atoms with Crippen LogP contribution in [0.15, 0.2) is 42.7 Å². The highest BCUT2D eigenvalue weighted by molar-refractivity contribution is 5.74. The van der Waals surface area contributed by atoms with Crippen molar-refractivity contribution in [3.63, 3.8) is 0 Å². The van der Waals surface area contributed by atoms with Gasteiger partial charge in [-0.25, -0.2) is 4.79 Å². The second kappa shape index (κ2) is 7.28. The van der Waals surface area contributed by atoms with Crippen molar-refractivity contribution in [2.45, 2.75) is 25.9 Å². The minimum atomic E-state index is -0.173. The van der Waals surface area contributed by atoms with Crippen LogP contribution in [0.25, 0.3) is 0 Å². The number of benzene rings is 1. The van der Waals surface area contributed by atoms with Gasteiger partial charge in [0, 0.05) is 6.54 Å². The molecule has 20 heavy (non-hydrogen) atoms. The molecule has 1 unspecified atom stereocenters. The largest absolute Gasteiger partial charge is 0.338 e. The van der Waals surface area contributed by atoms with Crippen molar-refractivity contribution in [2.75, 3.05) is 6.54 Å². The molecule has 0 saturated heterocycles. The van der Waals surface area contributed by atoms with E-state index in [0.717, 1.165) is 12.0 Å². The molecule has 0 bridgehead atoms. The van der Waals surface area contributed by atoms with Crippen LogP contribution >= 0.6 is 0 Å². The van der Waals surface area contributed by atoms with Gasteiger partial charge in [0.2, 0.25) is 0 Å². The molecule has 6 heteroatoms. The summed E-state index contributed by atoms with van der Waals surface area (Å²) in [7, 11) is 0. The highest BCUT2D eigenvalue weighted by Gasteiger charge is 2.15. The minimum absolute atomic E-state index is 0.166. The van der Waals surface area contributed by atoms with Gasteiger partial charge >= 0.3 is 6.03 Å². The Morgan fingerprint density at radius 1 is 1.25 bits per heavy atom. The van der Waals surface area contributed by atoms with E-state index in [2.05, 4.69) is 20.8 Å². The second-order valence-corrected chi connectivity index (χ2v) is 4.45. The quantitative estimate of drug-likeness (QED) is 0.842. The van der Waals surface area contributed by atoms with E-state index in [4.69, 9.17) is 0 Å². The van der Waals surface area contributed by atoms with Crippen molar-refractivity contribution >= 4 is 6.03 Å². The van der Waals surface area contributed by atoms with E-state index in [-0.39, 0.29) is 12.1 Å². The lowest BCUT2D eigenvalue weighted by molar-refractivity contribution is 0.234. The molecule has 6 nitrogen and oxygen atoms in total. The molecular formula is C14H19N5O. The molecule has 1 heterocycles. The number of rotatable bonds is 6. The summed E-state index contributed by atoms with van der Waals surface area (Å²) in [6, 6.07) is 9.47. The van der Waals surface area contributed by atoms with Crippen LogP contribution in [-0.4, -0.2) is 27.6 Å². The maximum absolute atomic E-state index is 11.8. The zero-order valence-electron chi connectivity index (χ0n) is 11.5. The number of amides is 2. The highest BCUT2D eigenvalue weighted by Crippen LogP contribution is 2.13. The fourth-order valence-electron chi connectivity index (χ4n) is 1.87. The zero-order chi connectivity index (χ0) is 14.2. The summed E-state index contributed by atoms with van der Waals surface area (Å²) in [5, 5.41) is 13.9. The lowest BCUT2D eigenvalue weighted by atomic mass is 10.1. The molecular weight excluding hydrogens is 254 g/mol. The number of hydrogen-bond donors (Lipinski definition) is 2. The Labute approximate surface area is 118 Å². The highest BCUT2D eigenvalue weighted by atomic mass is 16.2. The molecule has 2 rings (SSSR count). The van der Waals surface area contributed by atoms with Crippen LogP contribution < -0.4 is 10.6 Å². The van der Waals surface area contributed by atoms with E-state index in [9.17, 15) is 4.79 Å². The van der Waals surface area contributed by atoms with Crippen LogP contribution in [0.2, 0.25) is 0 Å². The van der Waals surface area contributed by atoms with E-state index < -0.39 is 0 Å². The maximum Gasteiger partial charge on any atom is 0.315 e. The van der Waals surface area contributed by atoms with E-state index in [1.807, 2.05) is 37.3 Å². The molecule has 1 atom stereocenters. The van der Waals surface area contributed by atoms with Crippen molar-refractivity contribution in [3.8, 4) is 0 Å². The van der Waals surface area contributed by atoms with E-state index in [0.29, 0.717) is 13.1 Å². The number of urea groups is 1. The molecule has 2 amide bonds. The van der Waals surface area contributed by atoms with Crippen molar-refractivity contribution in [1.82, 2.24) is 25.6 Å². The minimum Gasteiger partial charge on any atom is -0.338 e. The van der Waals surface area contributed by atoms with E-state index >= 15 is 0 Å². The van der Waals surface area contributed by atoms with Crippen molar-refractivity contribution in [3.05, 3.63) is 48.3 Å². The average molecular weight is 273 g/mol. The van der Waals surface area contributed by atoms with Gasteiger partial charge in [-0.3, -0.25) is 0 Å². The molecule has 0 spiro atoms. The lowest BCUT2D eigenvalue weighted by Crippen LogP contribution is -2.40. The van der Waals surface area contributed by atoms with E-state index in [1.165, 1.54) is 0 Å². The predicted molar refractivity (Wildman–Crippen MR) is 76.0 cm³/mol. The Morgan fingerprint density at radius 3 is 2.60 bits per heavy atom. The summed E-state index contributed by atoms with van der Waals surface area (Å²) in [4.78, 5) is 13.4. The second-order valence-electron chi connectivity index (χ2n) is 4.45. The van der Waals surface area contributed by atoms with Crippen LogP contribution in [0, 0.1) is 0 Å². The molecule has 106 valence electrons. The normalized spacial score (nSPS) is 11.8. The van der Waals surface area contributed by atoms with Gasteiger partial charge in [-0.2, -0.15) is 15.0 Å².